The van der Waals surface area contributed by atoms with Gasteiger partial charge in [-0.05, 0) is 120 Å². The molecule has 2 aromatic carbocycles. The summed E-state index contributed by atoms with van der Waals surface area (Å²) < 4.78 is 0. The van der Waals surface area contributed by atoms with Gasteiger partial charge in [0.1, 0.15) is 66.5 Å². The minimum absolute atomic E-state index is 0.000864. The molecule has 7 rings (SSSR count). The Kier molecular flexibility index (Phi) is 30.4. The number of carboxylic acids is 1. The first kappa shape index (κ1) is 81.2. The van der Waals surface area contributed by atoms with E-state index in [0.29, 0.717) is 43.4 Å². The van der Waals surface area contributed by atoms with Gasteiger partial charge in [0.05, 0.1) is 19.1 Å². The van der Waals surface area contributed by atoms with Gasteiger partial charge in [-0.2, -0.15) is 0 Å². The Bertz CT molecular complexity index is 3450. The molecule has 33 nitrogen and oxygen atoms in total. The summed E-state index contributed by atoms with van der Waals surface area (Å²) in [6.07, 6.45) is 2.32. The van der Waals surface area contributed by atoms with Gasteiger partial charge in [0.2, 0.25) is 88.6 Å². The van der Waals surface area contributed by atoms with Crippen LogP contribution in [0.4, 0.5) is 0 Å². The lowest BCUT2D eigenvalue weighted by Crippen LogP contribution is -2.60. The quantitative estimate of drug-likeness (QED) is 0.0327. The number of primary amides is 2. The van der Waals surface area contributed by atoms with Crippen LogP contribution in [0.15, 0.2) is 60.7 Å². The molecule has 5 saturated heterocycles. The van der Waals surface area contributed by atoms with E-state index in [1.165, 1.54) is 26.5 Å². The Hall–Kier alpha value is -10.1. The van der Waals surface area contributed by atoms with Gasteiger partial charge in [-0.15, -0.1) is 0 Å². The van der Waals surface area contributed by atoms with Crippen molar-refractivity contribution in [2.75, 3.05) is 45.8 Å². The molecule has 33 heteroatoms. The highest BCUT2D eigenvalue weighted by Gasteiger charge is 2.46. The number of hydrogen-bond donors (Lipinski definition) is 13. The Labute approximate surface area is 604 Å². The maximum Gasteiger partial charge on any atom is 0.325 e. The lowest BCUT2D eigenvalue weighted by molar-refractivity contribution is -0.148. The van der Waals surface area contributed by atoms with Crippen LogP contribution in [0, 0.1) is 11.8 Å². The zero-order chi connectivity index (χ0) is 75.9. The van der Waals surface area contributed by atoms with Gasteiger partial charge in [0.15, 0.2) is 0 Å². The highest BCUT2D eigenvalue weighted by atomic mass is 16.4. The molecule has 12 atom stereocenters. The van der Waals surface area contributed by atoms with Gasteiger partial charge in [-0.25, -0.2) is 0 Å². The molecule has 15 amide bonds. The lowest BCUT2D eigenvalue weighted by Gasteiger charge is -2.33. The Balaban J connectivity index is 0.976. The lowest BCUT2D eigenvalue weighted by atomic mass is 9.98. The van der Waals surface area contributed by atoms with E-state index < -0.39 is 181 Å². The van der Waals surface area contributed by atoms with Crippen LogP contribution in [0.1, 0.15) is 142 Å². The average molecular weight is 1450 g/mol. The molecule has 5 heterocycles. The number of carbonyl (C=O) groups is 16. The molecule has 0 aliphatic carbocycles. The molecule has 0 radical (unpaired) electrons. The molecular weight excluding hydrogens is 1350 g/mol. The number of nitrogens with zero attached hydrogens (tertiary/aromatic N) is 4. The number of nitrogens with one attached hydrogen (secondary N) is 10. The molecule has 5 aliphatic rings. The monoisotopic (exact) mass is 1450 g/mol. The molecule has 0 unspecified atom stereocenters. The molecular formula is C71H102N16O17. The second-order valence-electron chi connectivity index (χ2n) is 28.1. The number of carbonyl (C=O) groups excluding carboxylic acids is 15. The SMILES string of the molecule is CC(C)C[C@H](NC(=O)[C@@H](NC(=O)[C@@H]1CCCN1)C(C)C)C(=O)N[C@@H](Cc1ccccc1)C(=O)N1CCC[C@H]1C(=O)NCC(=O)N[C@@H](CCC(N)=O)C(=O)N1CCC[C@H]1C(=O)N[C@@H](Cc1ccccc1)C(=O)NCC(=O)N[C@@H](CCC(N)=O)C(=O)N1CCC[C@H]1C(=O)N1CCC[C@H]1C(=O)N[C@@H](C)C(=O)O. The van der Waals surface area contributed by atoms with Crippen molar-refractivity contribution in [1.82, 2.24) is 72.8 Å². The summed E-state index contributed by atoms with van der Waals surface area (Å²) in [7, 11) is 0. The molecule has 0 saturated carbocycles. The number of likely N-dealkylation sites (tertiary alicyclic amines) is 4. The fourth-order valence-electron chi connectivity index (χ4n) is 13.8. The van der Waals surface area contributed by atoms with Crippen molar-refractivity contribution >= 4 is 94.6 Å². The van der Waals surface area contributed by atoms with Crippen molar-refractivity contribution in [2.45, 2.75) is 216 Å². The molecule has 0 bridgehead atoms. The number of benzene rings is 2. The topological polar surface area (TPSA) is 479 Å². The van der Waals surface area contributed by atoms with E-state index in [4.69, 9.17) is 11.5 Å². The van der Waals surface area contributed by atoms with Crippen molar-refractivity contribution in [3.8, 4) is 0 Å². The standard InChI is InChI=1S/C71H102N16O17/c1-40(2)35-48(81-66(98)59(41(3)4)83-61(93)45-21-12-30-74-45)62(94)82-50(37-44-19-10-7-11-20-44)69(101)84-31-13-22-51(84)63(95)76-39-58(91)78-46(26-28-55(72)88)67(99)85-32-14-24-53(85)65(97)80-49(36-43-17-8-6-9-18-43)60(92)75-38-57(90)79-47(27-29-56(73)89)68(100)87-34-16-25-54(87)70(102)86-33-15-23-52(86)64(96)77-42(5)71(103)104/h6-11,17-20,40-42,45-54,59,74H,12-16,21-39H2,1-5H3,(H2,72,88)(H2,73,89)(H,75,92)(H,76,95)(H,77,96)(H,78,91)(H,79,90)(H,80,97)(H,81,98)(H,82,94)(H,83,93)(H,103,104)/t42-,45-,46-,47-,48-,49-,50-,51-,52-,53-,54-,59-/m0/s1. The summed E-state index contributed by atoms with van der Waals surface area (Å²) in [6.45, 7) is 8.13. The Morgan fingerprint density at radius 2 is 0.913 bits per heavy atom. The summed E-state index contributed by atoms with van der Waals surface area (Å²) >= 11 is 0. The molecule has 15 N–H and O–H groups in total. The van der Waals surface area contributed by atoms with Gasteiger partial charge in [0, 0.05) is 51.9 Å². The fraction of sp³-hybridized carbons (Fsp3) is 0.606. The number of carboxylic acid groups (broad SMARTS) is 1. The minimum atomic E-state index is -1.47. The third kappa shape index (κ3) is 23.2. The van der Waals surface area contributed by atoms with E-state index in [0.717, 1.165) is 6.42 Å². The number of aliphatic carboxylic acids is 1. The van der Waals surface area contributed by atoms with Crippen LogP contribution in [0.2, 0.25) is 0 Å². The van der Waals surface area contributed by atoms with Gasteiger partial charge in [-0.3, -0.25) is 76.7 Å². The molecule has 2 aromatic rings. The molecule has 0 aromatic heterocycles. The van der Waals surface area contributed by atoms with E-state index in [1.807, 2.05) is 13.8 Å². The predicted octanol–water partition coefficient (Wildman–Crippen LogP) is -2.85. The van der Waals surface area contributed by atoms with Crippen molar-refractivity contribution in [1.29, 1.82) is 0 Å². The van der Waals surface area contributed by atoms with E-state index in [2.05, 4.69) is 53.2 Å². The van der Waals surface area contributed by atoms with Crippen molar-refractivity contribution in [3.63, 3.8) is 0 Å². The Morgan fingerprint density at radius 3 is 1.40 bits per heavy atom. The minimum Gasteiger partial charge on any atom is -0.480 e. The van der Waals surface area contributed by atoms with E-state index in [1.54, 1.807) is 74.5 Å². The van der Waals surface area contributed by atoms with Gasteiger partial charge in [-0.1, -0.05) is 88.4 Å². The highest BCUT2D eigenvalue weighted by Crippen LogP contribution is 2.28. The summed E-state index contributed by atoms with van der Waals surface area (Å²) in [5.41, 5.74) is 12.2. The van der Waals surface area contributed by atoms with Crippen LogP contribution in [-0.4, -0.2) is 238 Å². The van der Waals surface area contributed by atoms with Crippen LogP contribution in [0.25, 0.3) is 0 Å². The predicted molar refractivity (Wildman–Crippen MR) is 374 cm³/mol. The smallest absolute Gasteiger partial charge is 0.325 e. The second kappa shape index (κ2) is 39.0. The second-order valence-corrected chi connectivity index (χ2v) is 28.1. The summed E-state index contributed by atoms with van der Waals surface area (Å²) in [5, 5.41) is 36.3. The van der Waals surface area contributed by atoms with Crippen LogP contribution in [0.3, 0.4) is 0 Å². The number of rotatable bonds is 36. The van der Waals surface area contributed by atoms with Crippen LogP contribution < -0.4 is 64.6 Å². The number of amides is 15. The molecule has 0 spiro atoms. The van der Waals surface area contributed by atoms with E-state index in [9.17, 15) is 81.8 Å². The zero-order valence-corrected chi connectivity index (χ0v) is 59.7. The third-order valence-electron chi connectivity index (χ3n) is 19.3. The van der Waals surface area contributed by atoms with Crippen LogP contribution >= 0.6 is 0 Å². The molecule has 5 aliphatic heterocycles. The summed E-state index contributed by atoms with van der Waals surface area (Å²) in [5.74, 6) is -12.4. The number of nitrogens with two attached hydrogens (primary N) is 2. The van der Waals surface area contributed by atoms with Gasteiger partial charge < -0.3 is 89.3 Å². The largest absolute Gasteiger partial charge is 0.480 e. The van der Waals surface area contributed by atoms with E-state index in [-0.39, 0.29) is 115 Å². The average Bonchev–Trinajstić information content (AvgIpc) is 1.63. The fourth-order valence-corrected chi connectivity index (χ4v) is 13.8. The molecule has 568 valence electrons. The molecule has 5 fully saturated rings. The summed E-state index contributed by atoms with van der Waals surface area (Å²) in [4.78, 5) is 223. The number of hydrogen-bond acceptors (Lipinski definition) is 17. The zero-order valence-electron chi connectivity index (χ0n) is 59.7. The third-order valence-corrected chi connectivity index (χ3v) is 19.3. The highest BCUT2D eigenvalue weighted by molar-refractivity contribution is 6.00. The maximum absolute atomic E-state index is 14.8. The van der Waals surface area contributed by atoms with Crippen LogP contribution in [0.5, 0.6) is 0 Å². The summed E-state index contributed by atoms with van der Waals surface area (Å²) in [6, 6.07) is 3.68. The first-order chi connectivity index (χ1) is 49.5. The Morgan fingerprint density at radius 1 is 0.462 bits per heavy atom. The first-order valence-corrected chi connectivity index (χ1v) is 36.0. The normalized spacial score (nSPS) is 20.5. The van der Waals surface area contributed by atoms with Crippen molar-refractivity contribution in [3.05, 3.63) is 71.8 Å². The van der Waals surface area contributed by atoms with Gasteiger partial charge >= 0.3 is 5.97 Å². The van der Waals surface area contributed by atoms with Crippen molar-refractivity contribution < 1.29 is 81.8 Å². The van der Waals surface area contributed by atoms with Gasteiger partial charge in [0.25, 0.3) is 0 Å². The van der Waals surface area contributed by atoms with E-state index >= 15 is 0 Å². The maximum atomic E-state index is 14.8. The van der Waals surface area contributed by atoms with Crippen LogP contribution in [-0.2, 0) is 89.6 Å². The first-order valence-electron chi connectivity index (χ1n) is 36.0. The van der Waals surface area contributed by atoms with Crippen molar-refractivity contribution in [2.24, 2.45) is 23.3 Å². The molecule has 104 heavy (non-hydrogen) atoms.